The first-order valence-corrected chi connectivity index (χ1v) is 8.60. The van der Waals surface area contributed by atoms with Crippen LogP contribution in [0.4, 0.5) is 0 Å². The molecule has 6 nitrogen and oxygen atoms in total. The smallest absolute Gasteiger partial charge is 0.289 e. The van der Waals surface area contributed by atoms with Crippen LogP contribution in [0.5, 0.6) is 0 Å². The third-order valence-electron chi connectivity index (χ3n) is 4.00. The van der Waals surface area contributed by atoms with Gasteiger partial charge in [-0.2, -0.15) is 0 Å². The summed E-state index contributed by atoms with van der Waals surface area (Å²) in [5.74, 6) is 1.74. The second-order valence-corrected chi connectivity index (χ2v) is 6.61. The zero-order valence-electron chi connectivity index (χ0n) is 13.3. The van der Waals surface area contributed by atoms with E-state index in [9.17, 15) is 4.79 Å². The highest BCUT2D eigenvalue weighted by Gasteiger charge is 2.26. The Morgan fingerprint density at radius 1 is 1.35 bits per heavy atom. The number of piperazine rings is 1. The molecular weight excluding hydrogens is 312 g/mol. The van der Waals surface area contributed by atoms with Crippen molar-refractivity contribution in [1.29, 1.82) is 0 Å². The lowest BCUT2D eigenvalue weighted by molar-refractivity contribution is 0.0541. The number of furan rings is 1. The molecule has 1 atom stereocenters. The molecule has 1 amide bonds. The van der Waals surface area contributed by atoms with Crippen molar-refractivity contribution in [3.05, 3.63) is 42.1 Å². The van der Waals surface area contributed by atoms with Gasteiger partial charge < -0.3 is 14.2 Å². The lowest BCUT2D eigenvalue weighted by atomic mass is 10.2. The Morgan fingerprint density at radius 2 is 2.13 bits per heavy atom. The normalized spacial score (nSPS) is 19.0. The van der Waals surface area contributed by atoms with Crippen molar-refractivity contribution in [2.24, 2.45) is 0 Å². The molecule has 1 saturated heterocycles. The molecule has 2 aromatic heterocycles. The van der Waals surface area contributed by atoms with Crippen LogP contribution in [0.15, 0.2) is 40.2 Å². The van der Waals surface area contributed by atoms with E-state index in [1.54, 1.807) is 24.5 Å². The first-order valence-electron chi connectivity index (χ1n) is 7.61. The van der Waals surface area contributed by atoms with Gasteiger partial charge in [-0.3, -0.25) is 4.79 Å². The molecule has 3 rings (SSSR count). The Labute approximate surface area is 139 Å². The zero-order valence-corrected chi connectivity index (χ0v) is 14.1. The number of amides is 1. The highest BCUT2D eigenvalue weighted by Crippen LogP contribution is 2.21. The van der Waals surface area contributed by atoms with Crippen molar-refractivity contribution in [3.63, 3.8) is 0 Å². The van der Waals surface area contributed by atoms with Crippen LogP contribution in [0.3, 0.4) is 0 Å². The summed E-state index contributed by atoms with van der Waals surface area (Å²) in [5, 5.41) is 0.699. The molecule has 0 bridgehead atoms. The van der Waals surface area contributed by atoms with E-state index in [4.69, 9.17) is 4.42 Å². The summed E-state index contributed by atoms with van der Waals surface area (Å²) >= 11 is 1.49. The van der Waals surface area contributed by atoms with Gasteiger partial charge in [0.05, 0.1) is 5.75 Å². The second kappa shape index (κ2) is 7.14. The Kier molecular flexibility index (Phi) is 4.97. The Bertz CT molecular complexity index is 661. The van der Waals surface area contributed by atoms with E-state index >= 15 is 0 Å². The van der Waals surface area contributed by atoms with Gasteiger partial charge in [0.2, 0.25) is 0 Å². The summed E-state index contributed by atoms with van der Waals surface area (Å²) in [4.78, 5) is 25.0. The highest BCUT2D eigenvalue weighted by atomic mass is 32.2. The van der Waals surface area contributed by atoms with Crippen LogP contribution in [0, 0.1) is 0 Å². The minimum atomic E-state index is -0.0304. The van der Waals surface area contributed by atoms with Crippen molar-refractivity contribution in [3.8, 4) is 0 Å². The molecule has 0 aliphatic carbocycles. The van der Waals surface area contributed by atoms with Gasteiger partial charge in [0.1, 0.15) is 5.76 Å². The van der Waals surface area contributed by atoms with Crippen molar-refractivity contribution < 1.29 is 9.21 Å². The number of hydrogen-bond donors (Lipinski definition) is 0. The van der Waals surface area contributed by atoms with Gasteiger partial charge in [0, 0.05) is 38.1 Å². The van der Waals surface area contributed by atoms with E-state index < -0.39 is 0 Å². The fourth-order valence-electron chi connectivity index (χ4n) is 2.45. The fraction of sp³-hybridized carbons (Fsp3) is 0.438. The molecule has 122 valence electrons. The molecule has 23 heavy (non-hydrogen) atoms. The van der Waals surface area contributed by atoms with Gasteiger partial charge in [-0.25, -0.2) is 9.97 Å². The lowest BCUT2D eigenvalue weighted by Crippen LogP contribution is -2.51. The summed E-state index contributed by atoms with van der Waals surface area (Å²) in [6.07, 6.45) is 3.42. The van der Waals surface area contributed by atoms with E-state index in [-0.39, 0.29) is 5.91 Å². The lowest BCUT2D eigenvalue weighted by Gasteiger charge is -2.37. The summed E-state index contributed by atoms with van der Waals surface area (Å²) in [6.45, 7) is 4.49. The van der Waals surface area contributed by atoms with Crippen molar-refractivity contribution in [2.45, 2.75) is 23.9 Å². The number of nitrogens with zero attached hydrogens (tertiary/aromatic N) is 4. The third kappa shape index (κ3) is 3.92. The first kappa shape index (κ1) is 16.0. The predicted octanol–water partition coefficient (Wildman–Crippen LogP) is 2.14. The maximum atomic E-state index is 12.5. The number of likely N-dealkylation sites (N-methyl/N-ethyl adjacent to an activating group) is 1. The molecule has 1 aliphatic heterocycles. The SMILES string of the molecule is CC1CN(C(=O)c2ccc(CSc3ncccn3)o2)CCN1C. The maximum absolute atomic E-state index is 12.5. The fourth-order valence-corrected chi connectivity index (χ4v) is 3.15. The molecule has 1 aliphatic rings. The van der Waals surface area contributed by atoms with Crippen molar-refractivity contribution in [1.82, 2.24) is 19.8 Å². The average Bonchev–Trinajstić information content (AvgIpc) is 3.05. The minimum absolute atomic E-state index is 0.0304. The van der Waals surface area contributed by atoms with Gasteiger partial charge >= 0.3 is 0 Å². The first-order chi connectivity index (χ1) is 11.1. The topological polar surface area (TPSA) is 62.5 Å². The minimum Gasteiger partial charge on any atom is -0.455 e. The second-order valence-electron chi connectivity index (χ2n) is 5.67. The molecule has 0 radical (unpaired) electrons. The number of carbonyl (C=O) groups is 1. The van der Waals surface area contributed by atoms with Crippen LogP contribution in [0.1, 0.15) is 23.2 Å². The summed E-state index contributed by atoms with van der Waals surface area (Å²) in [7, 11) is 2.08. The van der Waals surface area contributed by atoms with Crippen LogP contribution in [-0.4, -0.2) is 58.4 Å². The van der Waals surface area contributed by atoms with E-state index in [1.165, 1.54) is 11.8 Å². The van der Waals surface area contributed by atoms with Crippen LogP contribution < -0.4 is 0 Å². The van der Waals surface area contributed by atoms with Crippen LogP contribution >= 0.6 is 11.8 Å². The monoisotopic (exact) mass is 332 g/mol. The van der Waals surface area contributed by atoms with Gasteiger partial charge in [0.25, 0.3) is 5.91 Å². The van der Waals surface area contributed by atoms with Gasteiger partial charge in [-0.1, -0.05) is 11.8 Å². The maximum Gasteiger partial charge on any atom is 0.289 e. The number of aromatic nitrogens is 2. The zero-order chi connectivity index (χ0) is 16.2. The van der Waals surface area contributed by atoms with E-state index in [0.717, 1.165) is 25.4 Å². The molecule has 0 aromatic carbocycles. The van der Waals surface area contributed by atoms with Crippen molar-refractivity contribution in [2.75, 3.05) is 26.7 Å². The summed E-state index contributed by atoms with van der Waals surface area (Å²) < 4.78 is 5.70. The summed E-state index contributed by atoms with van der Waals surface area (Å²) in [6, 6.07) is 5.76. The molecule has 0 saturated carbocycles. The number of hydrogen-bond acceptors (Lipinski definition) is 6. The third-order valence-corrected chi connectivity index (χ3v) is 4.90. The Balaban J connectivity index is 1.59. The molecule has 1 fully saturated rings. The Hall–Kier alpha value is -1.86. The number of carbonyl (C=O) groups excluding carboxylic acids is 1. The van der Waals surface area contributed by atoms with Gasteiger partial charge in [0.15, 0.2) is 10.9 Å². The molecule has 0 N–H and O–H groups in total. The van der Waals surface area contributed by atoms with Crippen LogP contribution in [0.25, 0.3) is 0 Å². The molecule has 2 aromatic rings. The van der Waals surface area contributed by atoms with Crippen LogP contribution in [0.2, 0.25) is 0 Å². The number of thioether (sulfide) groups is 1. The standard InChI is InChI=1S/C16H20N4O2S/c1-12-10-20(9-8-19(12)2)15(21)14-5-4-13(22-14)11-23-16-17-6-3-7-18-16/h3-7,12H,8-11H2,1-2H3. The van der Waals surface area contributed by atoms with Crippen molar-refractivity contribution >= 4 is 17.7 Å². The molecule has 0 spiro atoms. The largest absolute Gasteiger partial charge is 0.455 e. The Morgan fingerprint density at radius 3 is 2.87 bits per heavy atom. The predicted molar refractivity (Wildman–Crippen MR) is 88.3 cm³/mol. The van der Waals surface area contributed by atoms with Gasteiger partial charge in [-0.15, -0.1) is 0 Å². The summed E-state index contributed by atoms with van der Waals surface area (Å²) in [5.41, 5.74) is 0. The molecule has 3 heterocycles. The number of rotatable bonds is 4. The van der Waals surface area contributed by atoms with E-state index in [0.29, 0.717) is 22.7 Å². The van der Waals surface area contributed by atoms with Gasteiger partial charge in [-0.05, 0) is 32.2 Å². The molecule has 7 heteroatoms. The van der Waals surface area contributed by atoms with E-state index in [1.807, 2.05) is 11.0 Å². The van der Waals surface area contributed by atoms with E-state index in [2.05, 4.69) is 28.8 Å². The quantitative estimate of drug-likeness (QED) is 0.631. The average molecular weight is 332 g/mol. The van der Waals surface area contributed by atoms with Crippen LogP contribution in [-0.2, 0) is 5.75 Å². The highest BCUT2D eigenvalue weighted by molar-refractivity contribution is 7.98. The molecular formula is C16H20N4O2S. The molecule has 1 unspecified atom stereocenters.